The van der Waals surface area contributed by atoms with E-state index in [1.807, 2.05) is 19.1 Å². The zero-order valence-electron chi connectivity index (χ0n) is 14.1. The first kappa shape index (κ1) is 17.1. The standard InChI is InChI=1S/C17H23N3O3S/c1-3-15-6-4-5-7-16(15)24(21,22)20-11-10-14(12-20)8-9-17-18-13(2)23-19-17/h4-7,14H,3,8-12H2,1-2H3. The fourth-order valence-electron chi connectivity index (χ4n) is 3.21. The van der Waals surface area contributed by atoms with Crippen molar-refractivity contribution in [1.82, 2.24) is 14.4 Å². The van der Waals surface area contributed by atoms with Gasteiger partial charge in [0.1, 0.15) is 0 Å². The van der Waals surface area contributed by atoms with Crippen LogP contribution in [-0.2, 0) is 22.9 Å². The molecule has 1 fully saturated rings. The number of aromatic nitrogens is 2. The lowest BCUT2D eigenvalue weighted by molar-refractivity contribution is 0.383. The van der Waals surface area contributed by atoms with Crippen molar-refractivity contribution in [3.8, 4) is 0 Å². The molecule has 1 aliphatic heterocycles. The second-order valence-electron chi connectivity index (χ2n) is 6.25. The van der Waals surface area contributed by atoms with E-state index in [2.05, 4.69) is 10.1 Å². The Bertz CT molecular complexity index is 801. The fourth-order valence-corrected chi connectivity index (χ4v) is 5.04. The van der Waals surface area contributed by atoms with Crippen molar-refractivity contribution in [3.05, 3.63) is 41.5 Å². The van der Waals surface area contributed by atoms with Crippen LogP contribution in [0.5, 0.6) is 0 Å². The Hall–Kier alpha value is -1.73. The summed E-state index contributed by atoms with van der Waals surface area (Å²) in [6, 6.07) is 7.28. The van der Waals surface area contributed by atoms with Crippen LogP contribution in [-0.4, -0.2) is 36.0 Å². The van der Waals surface area contributed by atoms with E-state index in [0.29, 0.717) is 42.0 Å². The Morgan fingerprint density at radius 1 is 1.33 bits per heavy atom. The molecule has 1 aliphatic rings. The van der Waals surface area contributed by atoms with E-state index in [-0.39, 0.29) is 0 Å². The highest BCUT2D eigenvalue weighted by molar-refractivity contribution is 7.89. The van der Waals surface area contributed by atoms with Crippen molar-refractivity contribution < 1.29 is 12.9 Å². The zero-order valence-corrected chi connectivity index (χ0v) is 14.9. The van der Waals surface area contributed by atoms with Crippen LogP contribution in [0.4, 0.5) is 0 Å². The summed E-state index contributed by atoms with van der Waals surface area (Å²) in [5.41, 5.74) is 0.878. The minimum Gasteiger partial charge on any atom is -0.340 e. The predicted octanol–water partition coefficient (Wildman–Crippen LogP) is 2.58. The lowest BCUT2D eigenvalue weighted by Gasteiger charge is -2.18. The highest BCUT2D eigenvalue weighted by Crippen LogP contribution is 2.28. The third-order valence-electron chi connectivity index (χ3n) is 4.57. The summed E-state index contributed by atoms with van der Waals surface area (Å²) in [7, 11) is -3.41. The Morgan fingerprint density at radius 3 is 2.83 bits per heavy atom. The monoisotopic (exact) mass is 349 g/mol. The molecule has 1 atom stereocenters. The average Bonchev–Trinajstić information content (AvgIpc) is 3.22. The summed E-state index contributed by atoms with van der Waals surface area (Å²) < 4.78 is 32.4. The maximum atomic E-state index is 12.9. The molecule has 2 aromatic rings. The second kappa shape index (κ2) is 7.03. The molecule has 0 amide bonds. The van der Waals surface area contributed by atoms with Gasteiger partial charge in [-0.1, -0.05) is 30.3 Å². The number of sulfonamides is 1. The molecule has 7 heteroatoms. The smallest absolute Gasteiger partial charge is 0.243 e. The van der Waals surface area contributed by atoms with Crippen molar-refractivity contribution >= 4 is 10.0 Å². The van der Waals surface area contributed by atoms with Gasteiger partial charge in [0.15, 0.2) is 5.82 Å². The summed E-state index contributed by atoms with van der Waals surface area (Å²) in [5, 5.41) is 3.90. The molecule has 3 rings (SSSR count). The molecule has 0 spiro atoms. The first-order valence-corrected chi connectivity index (χ1v) is 9.82. The molecular weight excluding hydrogens is 326 g/mol. The third-order valence-corrected chi connectivity index (χ3v) is 6.53. The number of aryl methyl sites for hydroxylation is 3. The molecular formula is C17H23N3O3S. The molecule has 130 valence electrons. The Balaban J connectivity index is 1.66. The lowest BCUT2D eigenvalue weighted by atomic mass is 10.0. The molecule has 0 N–H and O–H groups in total. The van der Waals surface area contributed by atoms with E-state index in [1.165, 1.54) is 0 Å². The summed E-state index contributed by atoms with van der Waals surface area (Å²) in [6.45, 7) is 4.90. The molecule has 0 aliphatic carbocycles. The number of rotatable bonds is 6. The molecule has 1 aromatic heterocycles. The van der Waals surface area contributed by atoms with Crippen molar-refractivity contribution in [2.45, 2.75) is 44.4 Å². The van der Waals surface area contributed by atoms with E-state index in [0.717, 1.165) is 24.8 Å². The van der Waals surface area contributed by atoms with Gasteiger partial charge in [0, 0.05) is 26.4 Å². The van der Waals surface area contributed by atoms with E-state index >= 15 is 0 Å². The van der Waals surface area contributed by atoms with Crippen LogP contribution in [0.15, 0.2) is 33.7 Å². The van der Waals surface area contributed by atoms with Crippen LogP contribution in [0.2, 0.25) is 0 Å². The first-order valence-electron chi connectivity index (χ1n) is 8.38. The molecule has 0 saturated carbocycles. The molecule has 6 nitrogen and oxygen atoms in total. The maximum absolute atomic E-state index is 12.9. The van der Waals surface area contributed by atoms with Crippen LogP contribution in [0.3, 0.4) is 0 Å². The van der Waals surface area contributed by atoms with Gasteiger partial charge in [0.25, 0.3) is 0 Å². The minimum atomic E-state index is -3.41. The van der Waals surface area contributed by atoms with Crippen LogP contribution < -0.4 is 0 Å². The third kappa shape index (κ3) is 3.52. The van der Waals surface area contributed by atoms with Crippen molar-refractivity contribution in [2.75, 3.05) is 13.1 Å². The van der Waals surface area contributed by atoms with Gasteiger partial charge in [-0.25, -0.2) is 8.42 Å². The molecule has 24 heavy (non-hydrogen) atoms. The summed E-state index contributed by atoms with van der Waals surface area (Å²) >= 11 is 0. The number of hydrogen-bond donors (Lipinski definition) is 0. The van der Waals surface area contributed by atoms with E-state index in [9.17, 15) is 8.42 Å². The first-order chi connectivity index (χ1) is 11.5. The summed E-state index contributed by atoms with van der Waals surface area (Å²) in [4.78, 5) is 4.65. The molecule has 1 saturated heterocycles. The molecule has 1 unspecified atom stereocenters. The topological polar surface area (TPSA) is 76.3 Å². The van der Waals surface area contributed by atoms with Crippen molar-refractivity contribution in [2.24, 2.45) is 5.92 Å². The highest BCUT2D eigenvalue weighted by Gasteiger charge is 2.33. The van der Waals surface area contributed by atoms with Gasteiger partial charge in [-0.15, -0.1) is 0 Å². The molecule has 0 radical (unpaired) electrons. The number of nitrogens with zero attached hydrogens (tertiary/aromatic N) is 3. The normalized spacial score (nSPS) is 19.0. The molecule has 0 bridgehead atoms. The molecule has 1 aromatic carbocycles. The van der Waals surface area contributed by atoms with Crippen LogP contribution >= 0.6 is 0 Å². The van der Waals surface area contributed by atoms with Crippen molar-refractivity contribution in [1.29, 1.82) is 0 Å². The van der Waals surface area contributed by atoms with Crippen LogP contribution in [0.1, 0.15) is 37.0 Å². The van der Waals surface area contributed by atoms with Gasteiger partial charge in [-0.3, -0.25) is 0 Å². The van der Waals surface area contributed by atoms with Gasteiger partial charge in [-0.05, 0) is 36.8 Å². The van der Waals surface area contributed by atoms with Gasteiger partial charge in [0.05, 0.1) is 4.90 Å². The van der Waals surface area contributed by atoms with Gasteiger partial charge in [-0.2, -0.15) is 9.29 Å². The lowest BCUT2D eigenvalue weighted by Crippen LogP contribution is -2.29. The van der Waals surface area contributed by atoms with E-state index in [1.54, 1.807) is 23.4 Å². The van der Waals surface area contributed by atoms with E-state index in [4.69, 9.17) is 4.52 Å². The van der Waals surface area contributed by atoms with Crippen LogP contribution in [0, 0.1) is 12.8 Å². The molecule has 2 heterocycles. The average molecular weight is 349 g/mol. The van der Waals surface area contributed by atoms with Crippen LogP contribution in [0.25, 0.3) is 0 Å². The van der Waals surface area contributed by atoms with Gasteiger partial charge < -0.3 is 4.52 Å². The Labute approximate surface area is 142 Å². The highest BCUT2D eigenvalue weighted by atomic mass is 32.2. The number of benzene rings is 1. The quantitative estimate of drug-likeness (QED) is 0.801. The maximum Gasteiger partial charge on any atom is 0.243 e. The van der Waals surface area contributed by atoms with Crippen molar-refractivity contribution in [3.63, 3.8) is 0 Å². The predicted molar refractivity (Wildman–Crippen MR) is 90.0 cm³/mol. The summed E-state index contributed by atoms with van der Waals surface area (Å²) in [5.74, 6) is 1.61. The Kier molecular flexibility index (Phi) is 5.01. The summed E-state index contributed by atoms with van der Waals surface area (Å²) in [6.07, 6.45) is 3.19. The van der Waals surface area contributed by atoms with Gasteiger partial charge >= 0.3 is 0 Å². The second-order valence-corrected chi connectivity index (χ2v) is 8.15. The fraction of sp³-hybridized carbons (Fsp3) is 0.529. The van der Waals surface area contributed by atoms with E-state index < -0.39 is 10.0 Å². The largest absolute Gasteiger partial charge is 0.340 e. The van der Waals surface area contributed by atoms with Gasteiger partial charge in [0.2, 0.25) is 15.9 Å². The minimum absolute atomic E-state index is 0.340. The Morgan fingerprint density at radius 2 is 2.12 bits per heavy atom. The SMILES string of the molecule is CCc1ccccc1S(=O)(=O)N1CCC(CCc2noc(C)n2)C1. The number of hydrogen-bond acceptors (Lipinski definition) is 5. The zero-order chi connectivity index (χ0) is 17.2.